The maximum absolute atomic E-state index is 11.4. The van der Waals surface area contributed by atoms with Crippen LogP contribution >= 0.6 is 0 Å². The molecule has 6 nitrogen and oxygen atoms in total. The summed E-state index contributed by atoms with van der Waals surface area (Å²) in [6.45, 7) is 0. The van der Waals surface area contributed by atoms with E-state index < -0.39 is 17.9 Å². The van der Waals surface area contributed by atoms with E-state index in [-0.39, 0.29) is 19.3 Å². The third-order valence-corrected chi connectivity index (χ3v) is 3.26. The Hall–Kier alpha value is -2.37. The van der Waals surface area contributed by atoms with Crippen LogP contribution in [-0.4, -0.2) is 17.9 Å². The highest BCUT2D eigenvalue weighted by Gasteiger charge is 2.41. The Morgan fingerprint density at radius 2 is 0.833 bits per heavy atom. The molecule has 0 radical (unpaired) electrons. The van der Waals surface area contributed by atoms with E-state index in [1.165, 1.54) is 0 Å². The second kappa shape index (κ2) is 2.90. The Labute approximate surface area is 100 Å². The topological polar surface area (TPSA) is 78.9 Å². The minimum Gasteiger partial charge on any atom is -0.425 e. The molecule has 0 saturated carbocycles. The summed E-state index contributed by atoms with van der Waals surface area (Å²) < 4.78 is 15.3. The van der Waals surface area contributed by atoms with Crippen molar-refractivity contribution in [1.82, 2.24) is 0 Å². The lowest BCUT2D eigenvalue weighted by molar-refractivity contribution is -0.133. The molecular weight excluding hydrogens is 240 g/mol. The van der Waals surface area contributed by atoms with Gasteiger partial charge in [0.05, 0.1) is 19.3 Å². The maximum atomic E-state index is 11.4. The van der Waals surface area contributed by atoms with Gasteiger partial charge in [-0.05, 0) is 0 Å². The van der Waals surface area contributed by atoms with Crippen molar-refractivity contribution < 1.29 is 28.6 Å². The molecule has 18 heavy (non-hydrogen) atoms. The molecule has 3 heterocycles. The van der Waals surface area contributed by atoms with Crippen LogP contribution in [-0.2, 0) is 33.6 Å². The zero-order chi connectivity index (χ0) is 12.4. The Morgan fingerprint density at radius 1 is 0.556 bits per heavy atom. The molecule has 0 N–H and O–H groups in total. The van der Waals surface area contributed by atoms with Gasteiger partial charge in [0.15, 0.2) is 0 Å². The van der Waals surface area contributed by atoms with Crippen LogP contribution in [0.4, 0.5) is 0 Å². The van der Waals surface area contributed by atoms with E-state index in [4.69, 9.17) is 14.2 Å². The van der Waals surface area contributed by atoms with Gasteiger partial charge in [-0.2, -0.15) is 0 Å². The largest absolute Gasteiger partial charge is 0.425 e. The van der Waals surface area contributed by atoms with E-state index in [1.54, 1.807) is 0 Å². The summed E-state index contributed by atoms with van der Waals surface area (Å²) in [5.41, 5.74) is 1.66. The van der Waals surface area contributed by atoms with Gasteiger partial charge in [0.2, 0.25) is 0 Å². The van der Waals surface area contributed by atoms with Crippen LogP contribution in [0.5, 0.6) is 17.2 Å². The van der Waals surface area contributed by atoms with E-state index >= 15 is 0 Å². The molecule has 0 aromatic heterocycles. The molecule has 1 aromatic carbocycles. The van der Waals surface area contributed by atoms with Crippen molar-refractivity contribution in [1.29, 1.82) is 0 Å². The van der Waals surface area contributed by atoms with Crippen molar-refractivity contribution in [2.24, 2.45) is 0 Å². The molecule has 3 aliphatic heterocycles. The summed E-state index contributed by atoms with van der Waals surface area (Å²) in [6, 6.07) is 0. The number of fused-ring (bicyclic) bond motifs is 6. The molecule has 0 saturated heterocycles. The summed E-state index contributed by atoms with van der Waals surface area (Å²) >= 11 is 0. The molecule has 90 valence electrons. The molecule has 0 aliphatic carbocycles. The number of carbonyl (C=O) groups excluding carboxylic acids is 3. The summed E-state index contributed by atoms with van der Waals surface area (Å²) in [6.07, 6.45) is 0.186. The predicted octanol–water partition coefficient (Wildman–Crippen LogP) is 0.0711. The first-order valence-corrected chi connectivity index (χ1v) is 5.46. The fraction of sp³-hybridized carbons (Fsp3) is 0.250. The van der Waals surface area contributed by atoms with E-state index in [1.807, 2.05) is 0 Å². The number of hydrogen-bond donors (Lipinski definition) is 0. The maximum Gasteiger partial charge on any atom is 0.315 e. The fourth-order valence-corrected chi connectivity index (χ4v) is 2.59. The second-order valence-corrected chi connectivity index (χ2v) is 4.38. The molecule has 0 bridgehead atoms. The van der Waals surface area contributed by atoms with Crippen molar-refractivity contribution in [3.05, 3.63) is 16.7 Å². The molecule has 0 spiro atoms. The Bertz CT molecular complexity index is 496. The smallest absolute Gasteiger partial charge is 0.315 e. The Balaban J connectivity index is 2.05. The van der Waals surface area contributed by atoms with Crippen LogP contribution in [0.1, 0.15) is 16.7 Å². The zero-order valence-corrected chi connectivity index (χ0v) is 9.07. The van der Waals surface area contributed by atoms with Gasteiger partial charge in [-0.15, -0.1) is 0 Å². The van der Waals surface area contributed by atoms with E-state index in [9.17, 15) is 14.4 Å². The molecule has 1 aromatic rings. The normalized spacial score (nSPS) is 19.0. The molecule has 0 atom stereocenters. The van der Waals surface area contributed by atoms with Crippen molar-refractivity contribution in [2.75, 3.05) is 0 Å². The Morgan fingerprint density at radius 3 is 1.11 bits per heavy atom. The van der Waals surface area contributed by atoms with E-state index in [0.29, 0.717) is 33.9 Å². The van der Waals surface area contributed by atoms with Crippen LogP contribution in [0, 0.1) is 0 Å². The fourth-order valence-electron chi connectivity index (χ4n) is 2.59. The van der Waals surface area contributed by atoms with Gasteiger partial charge in [-0.1, -0.05) is 0 Å². The first-order chi connectivity index (χ1) is 8.63. The van der Waals surface area contributed by atoms with Crippen molar-refractivity contribution >= 4 is 17.9 Å². The van der Waals surface area contributed by atoms with Crippen LogP contribution < -0.4 is 14.2 Å². The highest BCUT2D eigenvalue weighted by atomic mass is 16.6. The van der Waals surface area contributed by atoms with Crippen LogP contribution in [0.15, 0.2) is 0 Å². The summed E-state index contributed by atoms with van der Waals surface area (Å²) in [4.78, 5) is 34.1. The summed E-state index contributed by atoms with van der Waals surface area (Å²) in [5, 5.41) is 0. The number of rotatable bonds is 0. The summed E-state index contributed by atoms with van der Waals surface area (Å²) in [5.74, 6) is -0.258. The average molecular weight is 246 g/mol. The third-order valence-electron chi connectivity index (χ3n) is 3.26. The first-order valence-electron chi connectivity index (χ1n) is 5.46. The van der Waals surface area contributed by atoms with Crippen LogP contribution in [0.2, 0.25) is 0 Å². The van der Waals surface area contributed by atoms with E-state index in [0.717, 1.165) is 0 Å². The first kappa shape index (κ1) is 9.64. The molecule has 6 heteroatoms. The third kappa shape index (κ3) is 1.04. The monoisotopic (exact) mass is 246 g/mol. The van der Waals surface area contributed by atoms with Crippen LogP contribution in [0.3, 0.4) is 0 Å². The van der Waals surface area contributed by atoms with E-state index in [2.05, 4.69) is 0 Å². The number of carbonyl (C=O) groups is 3. The van der Waals surface area contributed by atoms with Crippen molar-refractivity contribution in [3.63, 3.8) is 0 Å². The zero-order valence-electron chi connectivity index (χ0n) is 9.07. The number of esters is 3. The van der Waals surface area contributed by atoms with Gasteiger partial charge >= 0.3 is 17.9 Å². The molecular formula is C12H6O6. The number of benzene rings is 1. The highest BCUT2D eigenvalue weighted by molar-refractivity contribution is 5.94. The Kier molecular flexibility index (Phi) is 1.55. The SMILES string of the molecule is O=C1Cc2c(c3c(c4c2OC(=O)C4)OC(=O)C3)O1. The molecule has 4 rings (SSSR count). The molecule has 0 unspecified atom stereocenters. The molecule has 0 fully saturated rings. The lowest BCUT2D eigenvalue weighted by atomic mass is 9.99. The number of hydrogen-bond acceptors (Lipinski definition) is 6. The molecule has 3 aliphatic rings. The van der Waals surface area contributed by atoms with Gasteiger partial charge in [0.25, 0.3) is 0 Å². The second-order valence-electron chi connectivity index (χ2n) is 4.38. The van der Waals surface area contributed by atoms with Crippen molar-refractivity contribution in [2.45, 2.75) is 19.3 Å². The number of ether oxygens (including phenoxy) is 3. The van der Waals surface area contributed by atoms with Crippen molar-refractivity contribution in [3.8, 4) is 17.2 Å². The minimum absolute atomic E-state index is 0.0619. The predicted molar refractivity (Wildman–Crippen MR) is 54.5 cm³/mol. The quantitative estimate of drug-likeness (QED) is 0.476. The minimum atomic E-state index is -0.414. The average Bonchev–Trinajstić information content (AvgIpc) is 2.93. The van der Waals surface area contributed by atoms with Gasteiger partial charge in [0, 0.05) is 16.7 Å². The lowest BCUT2D eigenvalue weighted by Gasteiger charge is -2.08. The molecule has 0 amide bonds. The summed E-state index contributed by atoms with van der Waals surface area (Å²) in [7, 11) is 0. The van der Waals surface area contributed by atoms with Gasteiger partial charge in [-0.3, -0.25) is 14.4 Å². The lowest BCUT2D eigenvalue weighted by Crippen LogP contribution is -2.02. The standard InChI is InChI=1S/C12H6O6/c13-7-1-4-10(16-7)5-2-9(15)18-12(5)6-3-8(14)17-11(4)6/h1-3H2. The van der Waals surface area contributed by atoms with Crippen LogP contribution in [0.25, 0.3) is 0 Å². The van der Waals surface area contributed by atoms with Gasteiger partial charge in [-0.25, -0.2) is 0 Å². The van der Waals surface area contributed by atoms with Gasteiger partial charge < -0.3 is 14.2 Å². The highest BCUT2D eigenvalue weighted by Crippen LogP contribution is 2.51. The van der Waals surface area contributed by atoms with Gasteiger partial charge in [0.1, 0.15) is 17.2 Å².